The SMILES string of the molecule is Cc1ccc([C@]2(C)NC(=O)N(CC(=O)Nc3c(C)n(C)n(-c4ccccc4)c3=O)C2=O)cc1. The molecule has 170 valence electrons. The number of anilines is 1. The van der Waals surface area contributed by atoms with Crippen LogP contribution in [0.3, 0.4) is 0 Å². The van der Waals surface area contributed by atoms with Crippen LogP contribution in [0, 0.1) is 13.8 Å². The summed E-state index contributed by atoms with van der Waals surface area (Å²) in [6.45, 7) is 4.73. The monoisotopic (exact) mass is 447 g/mol. The fraction of sp³-hybridized carbons (Fsp3) is 0.250. The van der Waals surface area contributed by atoms with E-state index in [4.69, 9.17) is 0 Å². The predicted molar refractivity (Wildman–Crippen MR) is 123 cm³/mol. The van der Waals surface area contributed by atoms with Crippen LogP contribution in [0.1, 0.15) is 23.7 Å². The van der Waals surface area contributed by atoms with Crippen molar-refractivity contribution < 1.29 is 14.4 Å². The maximum atomic E-state index is 13.1. The number of rotatable bonds is 5. The van der Waals surface area contributed by atoms with Gasteiger partial charge in [0.1, 0.15) is 17.8 Å². The van der Waals surface area contributed by atoms with Crippen molar-refractivity contribution in [2.24, 2.45) is 7.05 Å². The summed E-state index contributed by atoms with van der Waals surface area (Å²) in [7, 11) is 1.71. The van der Waals surface area contributed by atoms with Gasteiger partial charge in [-0.25, -0.2) is 9.48 Å². The number of hydrogen-bond acceptors (Lipinski definition) is 4. The van der Waals surface area contributed by atoms with Crippen molar-refractivity contribution in [3.63, 3.8) is 0 Å². The number of aryl methyl sites for hydroxylation is 1. The van der Waals surface area contributed by atoms with E-state index in [1.165, 1.54) is 4.68 Å². The van der Waals surface area contributed by atoms with Gasteiger partial charge in [0.25, 0.3) is 11.5 Å². The Balaban J connectivity index is 1.55. The number of carbonyl (C=O) groups is 3. The lowest BCUT2D eigenvalue weighted by Gasteiger charge is -2.22. The van der Waals surface area contributed by atoms with E-state index in [0.717, 1.165) is 10.5 Å². The molecule has 9 nitrogen and oxygen atoms in total. The molecule has 0 bridgehead atoms. The normalized spacial score (nSPS) is 17.9. The number of benzene rings is 2. The zero-order valence-electron chi connectivity index (χ0n) is 18.9. The molecule has 0 spiro atoms. The first-order valence-corrected chi connectivity index (χ1v) is 10.5. The first kappa shape index (κ1) is 22.1. The predicted octanol–water partition coefficient (Wildman–Crippen LogP) is 2.20. The molecule has 0 radical (unpaired) electrons. The number of hydrogen-bond donors (Lipinski definition) is 2. The van der Waals surface area contributed by atoms with Crippen LogP contribution in [-0.4, -0.2) is 38.7 Å². The van der Waals surface area contributed by atoms with Crippen LogP contribution < -0.4 is 16.2 Å². The van der Waals surface area contributed by atoms with Crippen molar-refractivity contribution in [2.75, 3.05) is 11.9 Å². The molecule has 2 heterocycles. The highest BCUT2D eigenvalue weighted by molar-refractivity contribution is 6.10. The minimum absolute atomic E-state index is 0.0969. The van der Waals surface area contributed by atoms with E-state index < -0.39 is 35.5 Å². The summed E-state index contributed by atoms with van der Waals surface area (Å²) >= 11 is 0. The maximum absolute atomic E-state index is 13.1. The molecule has 0 aliphatic carbocycles. The van der Waals surface area contributed by atoms with E-state index in [9.17, 15) is 19.2 Å². The van der Waals surface area contributed by atoms with Crippen molar-refractivity contribution in [3.8, 4) is 5.69 Å². The van der Waals surface area contributed by atoms with E-state index in [2.05, 4.69) is 10.6 Å². The second-order valence-electron chi connectivity index (χ2n) is 8.30. The van der Waals surface area contributed by atoms with Crippen molar-refractivity contribution in [2.45, 2.75) is 26.3 Å². The number of nitrogens with one attached hydrogen (secondary N) is 2. The minimum atomic E-state index is -1.27. The molecule has 2 aromatic carbocycles. The summed E-state index contributed by atoms with van der Waals surface area (Å²) in [5, 5.41) is 5.27. The molecule has 33 heavy (non-hydrogen) atoms. The lowest BCUT2D eigenvalue weighted by Crippen LogP contribution is -2.42. The second kappa shape index (κ2) is 8.09. The van der Waals surface area contributed by atoms with Crippen LogP contribution in [-0.2, 0) is 22.2 Å². The minimum Gasteiger partial charge on any atom is -0.319 e. The van der Waals surface area contributed by atoms with Gasteiger partial charge in [-0.1, -0.05) is 48.0 Å². The Morgan fingerprint density at radius 2 is 1.64 bits per heavy atom. The van der Waals surface area contributed by atoms with Crippen molar-refractivity contribution >= 4 is 23.5 Å². The summed E-state index contributed by atoms with van der Waals surface area (Å²) < 4.78 is 3.07. The number of para-hydroxylation sites is 1. The molecule has 2 N–H and O–H groups in total. The fourth-order valence-electron chi connectivity index (χ4n) is 3.96. The molecule has 4 rings (SSSR count). The van der Waals surface area contributed by atoms with Gasteiger partial charge in [0, 0.05) is 7.05 Å². The van der Waals surface area contributed by atoms with E-state index >= 15 is 0 Å². The number of imide groups is 1. The Labute approximate surface area is 190 Å². The number of aromatic nitrogens is 2. The van der Waals surface area contributed by atoms with Crippen LogP contribution in [0.2, 0.25) is 0 Å². The average Bonchev–Trinajstić information content (AvgIpc) is 3.14. The molecule has 0 unspecified atom stereocenters. The quantitative estimate of drug-likeness (QED) is 0.585. The topological polar surface area (TPSA) is 105 Å². The van der Waals surface area contributed by atoms with Crippen LogP contribution in [0.5, 0.6) is 0 Å². The molecule has 1 atom stereocenters. The Morgan fingerprint density at radius 1 is 1.00 bits per heavy atom. The molecule has 1 aliphatic rings. The van der Waals surface area contributed by atoms with E-state index in [1.54, 1.807) is 49.8 Å². The fourth-order valence-corrected chi connectivity index (χ4v) is 3.96. The van der Waals surface area contributed by atoms with Crippen LogP contribution in [0.4, 0.5) is 10.5 Å². The van der Waals surface area contributed by atoms with Gasteiger partial charge in [-0.2, -0.15) is 0 Å². The summed E-state index contributed by atoms with van der Waals surface area (Å²) in [6.07, 6.45) is 0. The zero-order chi connectivity index (χ0) is 23.9. The molecule has 1 aliphatic heterocycles. The van der Waals surface area contributed by atoms with Crippen molar-refractivity contribution in [3.05, 3.63) is 81.8 Å². The number of carbonyl (C=O) groups excluding carboxylic acids is 3. The number of amides is 4. The molecule has 1 aromatic heterocycles. The third-order valence-corrected chi connectivity index (χ3v) is 6.02. The van der Waals surface area contributed by atoms with Gasteiger partial charge in [0.2, 0.25) is 5.91 Å². The maximum Gasteiger partial charge on any atom is 0.325 e. The average molecular weight is 447 g/mol. The Morgan fingerprint density at radius 3 is 2.27 bits per heavy atom. The van der Waals surface area contributed by atoms with Gasteiger partial charge in [0.05, 0.1) is 11.4 Å². The second-order valence-corrected chi connectivity index (χ2v) is 8.30. The Bertz CT molecular complexity index is 1310. The van der Waals surface area contributed by atoms with Gasteiger partial charge in [-0.3, -0.25) is 24.0 Å². The molecule has 9 heteroatoms. The van der Waals surface area contributed by atoms with Gasteiger partial charge >= 0.3 is 6.03 Å². The highest BCUT2D eigenvalue weighted by atomic mass is 16.2. The summed E-state index contributed by atoms with van der Waals surface area (Å²) in [5.74, 6) is -1.17. The van der Waals surface area contributed by atoms with E-state index in [-0.39, 0.29) is 5.69 Å². The van der Waals surface area contributed by atoms with Gasteiger partial charge in [-0.05, 0) is 38.5 Å². The third-order valence-electron chi connectivity index (χ3n) is 6.02. The standard InChI is InChI=1S/C24H25N5O4/c1-15-10-12-17(13-11-15)24(3)22(32)28(23(33)26-24)14-19(30)25-20-16(2)27(4)29(21(20)31)18-8-6-5-7-9-18/h5-13H,14H2,1-4H3,(H,25,30)(H,26,33)/t24-/m0/s1. The lowest BCUT2D eigenvalue weighted by molar-refractivity contribution is -0.133. The summed E-state index contributed by atoms with van der Waals surface area (Å²) in [5.41, 5.74) is 1.26. The Kier molecular flexibility index (Phi) is 5.41. The van der Waals surface area contributed by atoms with Gasteiger partial charge < -0.3 is 10.6 Å². The molecular weight excluding hydrogens is 422 g/mol. The summed E-state index contributed by atoms with van der Waals surface area (Å²) in [6, 6.07) is 15.6. The third kappa shape index (κ3) is 3.71. The van der Waals surface area contributed by atoms with Gasteiger partial charge in [0.15, 0.2) is 0 Å². The zero-order valence-corrected chi connectivity index (χ0v) is 18.9. The highest BCUT2D eigenvalue weighted by Crippen LogP contribution is 2.29. The van der Waals surface area contributed by atoms with E-state index in [1.807, 2.05) is 37.3 Å². The molecule has 0 saturated carbocycles. The van der Waals surface area contributed by atoms with Gasteiger partial charge in [-0.15, -0.1) is 0 Å². The largest absolute Gasteiger partial charge is 0.325 e. The smallest absolute Gasteiger partial charge is 0.319 e. The number of urea groups is 1. The number of nitrogens with zero attached hydrogens (tertiary/aromatic N) is 3. The van der Waals surface area contributed by atoms with Crippen molar-refractivity contribution in [1.82, 2.24) is 19.6 Å². The summed E-state index contributed by atoms with van der Waals surface area (Å²) in [4.78, 5) is 52.3. The highest BCUT2D eigenvalue weighted by Gasteiger charge is 2.49. The molecule has 1 saturated heterocycles. The molecular formula is C24H25N5O4. The molecule has 4 amide bonds. The van der Waals surface area contributed by atoms with Crippen LogP contribution >= 0.6 is 0 Å². The Hall–Kier alpha value is -4.14. The first-order valence-electron chi connectivity index (χ1n) is 10.5. The van der Waals surface area contributed by atoms with Crippen LogP contribution in [0.15, 0.2) is 59.4 Å². The van der Waals surface area contributed by atoms with Crippen molar-refractivity contribution in [1.29, 1.82) is 0 Å². The molecule has 3 aromatic rings. The van der Waals surface area contributed by atoms with Crippen LogP contribution in [0.25, 0.3) is 5.69 Å². The lowest BCUT2D eigenvalue weighted by atomic mass is 9.91. The first-order chi connectivity index (χ1) is 15.6. The molecule has 1 fully saturated rings. The van der Waals surface area contributed by atoms with E-state index in [0.29, 0.717) is 16.9 Å².